The number of piperazine rings is 1. The topological polar surface area (TPSA) is 23.6 Å². The largest absolute Gasteiger partial charge is 0.336 e. The smallest absolute Gasteiger partial charge is 0.253 e. The summed E-state index contributed by atoms with van der Waals surface area (Å²) in [4.78, 5) is 16.8. The first-order valence-corrected chi connectivity index (χ1v) is 7.70. The van der Waals surface area contributed by atoms with Crippen molar-refractivity contribution in [2.75, 3.05) is 32.7 Å². The number of likely N-dealkylation sites (N-methyl/N-ethyl adjacent to an activating group) is 1. The zero-order chi connectivity index (χ0) is 14.5. The van der Waals surface area contributed by atoms with E-state index in [1.54, 1.807) is 0 Å². The van der Waals surface area contributed by atoms with Gasteiger partial charge in [0, 0.05) is 31.7 Å². The third-order valence-electron chi connectivity index (χ3n) is 3.95. The Kier molecular flexibility index (Phi) is 5.18. The minimum absolute atomic E-state index is 0.178. The molecule has 0 radical (unpaired) electrons. The van der Waals surface area contributed by atoms with Gasteiger partial charge in [-0.1, -0.05) is 32.9 Å². The van der Waals surface area contributed by atoms with Crippen molar-refractivity contribution < 1.29 is 4.79 Å². The second kappa shape index (κ2) is 6.89. The van der Waals surface area contributed by atoms with Gasteiger partial charge in [-0.2, -0.15) is 0 Å². The summed E-state index contributed by atoms with van der Waals surface area (Å²) < 4.78 is 0. The summed E-state index contributed by atoms with van der Waals surface area (Å²) >= 11 is 0. The minimum Gasteiger partial charge on any atom is -0.336 e. The first-order valence-electron chi connectivity index (χ1n) is 7.70. The zero-order valence-electron chi connectivity index (χ0n) is 12.9. The summed E-state index contributed by atoms with van der Waals surface area (Å²) in [6.07, 6.45) is 1.07. The standard InChI is InChI=1S/C17H26N2O/c1-4-18-9-11-19(12-10-18)17(20)16-7-5-15(6-8-16)13-14(2)3/h5-8,14H,4,9-13H2,1-3H3. The van der Waals surface area contributed by atoms with Crippen molar-refractivity contribution >= 4 is 5.91 Å². The Hall–Kier alpha value is -1.35. The molecule has 0 bridgehead atoms. The Morgan fingerprint density at radius 3 is 2.20 bits per heavy atom. The molecule has 1 aliphatic rings. The molecule has 110 valence electrons. The maximum absolute atomic E-state index is 12.4. The van der Waals surface area contributed by atoms with Crippen LogP contribution >= 0.6 is 0 Å². The lowest BCUT2D eigenvalue weighted by Crippen LogP contribution is -2.48. The summed E-state index contributed by atoms with van der Waals surface area (Å²) in [5.74, 6) is 0.829. The van der Waals surface area contributed by atoms with Crippen LogP contribution in [0.3, 0.4) is 0 Å². The van der Waals surface area contributed by atoms with Crippen LogP contribution in [-0.4, -0.2) is 48.4 Å². The lowest BCUT2D eigenvalue weighted by molar-refractivity contribution is 0.0643. The van der Waals surface area contributed by atoms with Gasteiger partial charge in [-0.15, -0.1) is 0 Å². The van der Waals surface area contributed by atoms with Gasteiger partial charge < -0.3 is 9.80 Å². The van der Waals surface area contributed by atoms with Gasteiger partial charge in [0.2, 0.25) is 0 Å². The normalized spacial score (nSPS) is 16.7. The molecule has 1 fully saturated rings. The van der Waals surface area contributed by atoms with Crippen LogP contribution in [0, 0.1) is 5.92 Å². The van der Waals surface area contributed by atoms with Crippen molar-refractivity contribution in [2.24, 2.45) is 5.92 Å². The van der Waals surface area contributed by atoms with E-state index in [1.165, 1.54) is 5.56 Å². The fourth-order valence-electron chi connectivity index (χ4n) is 2.70. The number of carbonyl (C=O) groups is 1. The molecule has 0 aliphatic carbocycles. The molecule has 0 N–H and O–H groups in total. The summed E-state index contributed by atoms with van der Waals surface area (Å²) in [7, 11) is 0. The van der Waals surface area contributed by atoms with Crippen molar-refractivity contribution in [3.05, 3.63) is 35.4 Å². The molecule has 1 aliphatic heterocycles. The van der Waals surface area contributed by atoms with Crippen molar-refractivity contribution in [3.63, 3.8) is 0 Å². The Bertz CT molecular complexity index is 431. The molecule has 0 aromatic heterocycles. The van der Waals surface area contributed by atoms with Gasteiger partial charge >= 0.3 is 0 Å². The Labute approximate surface area is 122 Å². The van der Waals surface area contributed by atoms with E-state index < -0.39 is 0 Å². The highest BCUT2D eigenvalue weighted by Gasteiger charge is 2.21. The van der Waals surface area contributed by atoms with E-state index in [1.807, 2.05) is 17.0 Å². The minimum atomic E-state index is 0.178. The van der Waals surface area contributed by atoms with E-state index >= 15 is 0 Å². The monoisotopic (exact) mass is 274 g/mol. The first-order chi connectivity index (χ1) is 9.60. The van der Waals surface area contributed by atoms with Gasteiger partial charge in [0.15, 0.2) is 0 Å². The fraction of sp³-hybridized carbons (Fsp3) is 0.588. The lowest BCUT2D eigenvalue weighted by Gasteiger charge is -2.34. The van der Waals surface area contributed by atoms with Crippen molar-refractivity contribution in [2.45, 2.75) is 27.2 Å². The van der Waals surface area contributed by atoms with E-state index in [2.05, 4.69) is 37.8 Å². The zero-order valence-corrected chi connectivity index (χ0v) is 12.9. The molecule has 0 spiro atoms. The molecule has 0 saturated carbocycles. The SMILES string of the molecule is CCN1CCN(C(=O)c2ccc(CC(C)C)cc2)CC1. The molecule has 1 aromatic rings. The van der Waals surface area contributed by atoms with Crippen LogP contribution in [0.25, 0.3) is 0 Å². The highest BCUT2D eigenvalue weighted by atomic mass is 16.2. The maximum Gasteiger partial charge on any atom is 0.253 e. The fourth-order valence-corrected chi connectivity index (χ4v) is 2.70. The number of carbonyl (C=O) groups excluding carboxylic acids is 1. The average Bonchev–Trinajstić information content (AvgIpc) is 2.47. The molecule has 1 amide bonds. The summed E-state index contributed by atoms with van der Waals surface area (Å²) in [5.41, 5.74) is 2.13. The maximum atomic E-state index is 12.4. The predicted molar refractivity (Wildman–Crippen MR) is 83.0 cm³/mol. The molecular formula is C17H26N2O. The second-order valence-corrected chi connectivity index (χ2v) is 6.02. The first kappa shape index (κ1) is 15.0. The van der Waals surface area contributed by atoms with Crippen molar-refractivity contribution in [3.8, 4) is 0 Å². The molecule has 0 unspecified atom stereocenters. The van der Waals surface area contributed by atoms with Gasteiger partial charge in [-0.05, 0) is 36.6 Å². The van der Waals surface area contributed by atoms with Gasteiger partial charge in [-0.25, -0.2) is 0 Å². The van der Waals surface area contributed by atoms with E-state index in [-0.39, 0.29) is 5.91 Å². The number of benzene rings is 1. The highest BCUT2D eigenvalue weighted by molar-refractivity contribution is 5.94. The molecule has 1 aromatic carbocycles. The van der Waals surface area contributed by atoms with Crippen LogP contribution in [0.5, 0.6) is 0 Å². The Morgan fingerprint density at radius 2 is 1.70 bits per heavy atom. The average molecular weight is 274 g/mol. The highest BCUT2D eigenvalue weighted by Crippen LogP contribution is 2.13. The Morgan fingerprint density at radius 1 is 1.10 bits per heavy atom. The number of hydrogen-bond donors (Lipinski definition) is 0. The third kappa shape index (κ3) is 3.83. The van der Waals surface area contributed by atoms with E-state index in [9.17, 15) is 4.79 Å². The van der Waals surface area contributed by atoms with Crippen LogP contribution < -0.4 is 0 Å². The summed E-state index contributed by atoms with van der Waals surface area (Å²) in [5, 5.41) is 0. The van der Waals surface area contributed by atoms with Crippen LogP contribution in [0.1, 0.15) is 36.7 Å². The van der Waals surface area contributed by atoms with Gasteiger partial charge in [0.05, 0.1) is 0 Å². The number of hydrogen-bond acceptors (Lipinski definition) is 2. The van der Waals surface area contributed by atoms with Crippen LogP contribution in [0.2, 0.25) is 0 Å². The van der Waals surface area contributed by atoms with Gasteiger partial charge in [-0.3, -0.25) is 4.79 Å². The van der Waals surface area contributed by atoms with Crippen molar-refractivity contribution in [1.29, 1.82) is 0 Å². The second-order valence-electron chi connectivity index (χ2n) is 6.02. The molecular weight excluding hydrogens is 248 g/mol. The molecule has 20 heavy (non-hydrogen) atoms. The molecule has 2 rings (SSSR count). The van der Waals surface area contributed by atoms with E-state index in [0.717, 1.165) is 44.7 Å². The van der Waals surface area contributed by atoms with Crippen molar-refractivity contribution in [1.82, 2.24) is 9.80 Å². The third-order valence-corrected chi connectivity index (χ3v) is 3.95. The van der Waals surface area contributed by atoms with Crippen LogP contribution in [0.4, 0.5) is 0 Å². The van der Waals surface area contributed by atoms with Gasteiger partial charge in [0.25, 0.3) is 5.91 Å². The summed E-state index contributed by atoms with van der Waals surface area (Å²) in [6, 6.07) is 8.14. The van der Waals surface area contributed by atoms with E-state index in [0.29, 0.717) is 5.92 Å². The summed E-state index contributed by atoms with van der Waals surface area (Å²) in [6.45, 7) is 11.4. The van der Waals surface area contributed by atoms with Crippen LogP contribution in [-0.2, 0) is 6.42 Å². The Balaban J connectivity index is 1.95. The molecule has 0 atom stereocenters. The number of nitrogens with zero attached hydrogens (tertiary/aromatic N) is 2. The van der Waals surface area contributed by atoms with Crippen LogP contribution in [0.15, 0.2) is 24.3 Å². The van der Waals surface area contributed by atoms with Gasteiger partial charge in [0.1, 0.15) is 0 Å². The quantitative estimate of drug-likeness (QED) is 0.843. The number of amides is 1. The molecule has 1 heterocycles. The molecule has 1 saturated heterocycles. The lowest BCUT2D eigenvalue weighted by atomic mass is 10.0. The predicted octanol–water partition coefficient (Wildman–Crippen LogP) is 2.66. The molecule has 3 heteroatoms. The number of rotatable bonds is 4. The molecule has 3 nitrogen and oxygen atoms in total. The van der Waals surface area contributed by atoms with E-state index in [4.69, 9.17) is 0 Å².